The molecule has 0 saturated carbocycles. The van der Waals surface area contributed by atoms with Crippen molar-refractivity contribution in [1.29, 1.82) is 5.26 Å². The Labute approximate surface area is 149 Å². The van der Waals surface area contributed by atoms with Crippen molar-refractivity contribution in [1.82, 2.24) is 0 Å². The largest absolute Gasteiger partial charge is 0.456 e. The summed E-state index contributed by atoms with van der Waals surface area (Å²) in [5.41, 5.74) is -0.0748. The minimum absolute atomic E-state index is 0.0162. The quantitative estimate of drug-likeness (QED) is 0.688. The molecule has 130 valence electrons. The van der Waals surface area contributed by atoms with Gasteiger partial charge in [0, 0.05) is 6.07 Å². The zero-order chi connectivity index (χ0) is 18.6. The number of hydrogen-bond acceptors (Lipinski definition) is 4. The maximum absolute atomic E-state index is 14.1. The molecule has 0 aliphatic carbocycles. The molecule has 0 amide bonds. The number of halogens is 4. The first-order chi connectivity index (χ1) is 11.6. The van der Waals surface area contributed by atoms with Gasteiger partial charge in [-0.3, -0.25) is 0 Å². The summed E-state index contributed by atoms with van der Waals surface area (Å²) in [5.74, 6) is -2.26. The Hall–Kier alpha value is -2.05. The number of rotatable bonds is 2. The summed E-state index contributed by atoms with van der Waals surface area (Å²) in [6.07, 6.45) is 0. The maximum atomic E-state index is 14.1. The lowest BCUT2D eigenvalue weighted by molar-refractivity contribution is 0.0724. The van der Waals surface area contributed by atoms with Crippen molar-refractivity contribution >= 4 is 25.8 Å². The summed E-state index contributed by atoms with van der Waals surface area (Å²) in [4.78, 5) is -0.471. The fourth-order valence-corrected chi connectivity index (χ4v) is 5.23. The number of ether oxygens (including phenoxy) is 1. The van der Waals surface area contributed by atoms with E-state index in [1.807, 2.05) is 0 Å². The summed E-state index contributed by atoms with van der Waals surface area (Å²) in [5, 5.41) is 4.93. The molecule has 0 unspecified atom stereocenters. The highest BCUT2D eigenvalue weighted by atomic mass is 79.9. The predicted octanol–water partition coefficient (Wildman–Crippen LogP) is 4.74. The van der Waals surface area contributed by atoms with Crippen LogP contribution in [0.2, 0.25) is 0 Å². The Kier molecular flexibility index (Phi) is 4.08. The van der Waals surface area contributed by atoms with E-state index in [0.29, 0.717) is 0 Å². The van der Waals surface area contributed by atoms with Crippen LogP contribution in [-0.2, 0) is 9.84 Å². The van der Waals surface area contributed by atoms with Crippen molar-refractivity contribution in [2.24, 2.45) is 0 Å². The highest BCUT2D eigenvalue weighted by Gasteiger charge is 2.59. The van der Waals surface area contributed by atoms with Gasteiger partial charge in [-0.25, -0.2) is 12.8 Å². The third-order valence-corrected chi connectivity index (χ3v) is 6.74. The van der Waals surface area contributed by atoms with Gasteiger partial charge in [0.05, 0.1) is 26.9 Å². The number of nitriles is 1. The van der Waals surface area contributed by atoms with Gasteiger partial charge in [0.1, 0.15) is 17.3 Å². The molecule has 1 heterocycles. The molecule has 0 bridgehead atoms. The van der Waals surface area contributed by atoms with E-state index in [9.17, 15) is 21.6 Å². The fraction of sp³-hybridized carbons (Fsp3) is 0.188. The van der Waals surface area contributed by atoms with E-state index in [1.54, 1.807) is 6.07 Å². The minimum Gasteiger partial charge on any atom is -0.456 e. The zero-order valence-corrected chi connectivity index (χ0v) is 15.0. The Morgan fingerprint density at radius 2 is 1.96 bits per heavy atom. The molecule has 1 aliphatic heterocycles. The van der Waals surface area contributed by atoms with Crippen LogP contribution in [0.3, 0.4) is 0 Å². The van der Waals surface area contributed by atoms with Crippen LogP contribution < -0.4 is 4.74 Å². The molecule has 3 rings (SSSR count). The van der Waals surface area contributed by atoms with Crippen LogP contribution in [0, 0.1) is 17.1 Å². The molecule has 0 radical (unpaired) electrons. The summed E-state index contributed by atoms with van der Waals surface area (Å²) in [6.45, 7) is 1.11. The first-order valence-corrected chi connectivity index (χ1v) is 9.20. The number of nitrogens with zero attached hydrogens (tertiary/aromatic N) is 1. The topological polar surface area (TPSA) is 67.2 Å². The van der Waals surface area contributed by atoms with E-state index in [1.165, 1.54) is 12.1 Å². The van der Waals surface area contributed by atoms with E-state index < -0.39 is 31.7 Å². The van der Waals surface area contributed by atoms with Gasteiger partial charge in [-0.05, 0) is 45.8 Å². The smallest absolute Gasteiger partial charge is 0.356 e. The standard InChI is InChI=1S/C16H9BrF3NO3S/c1-8-14-13(25(22,23)16(8,19)20)3-2-12(15(14)17)24-11-5-9(7-21)4-10(18)6-11/h2-6,8H,1H3/t8-/m1/s1. The summed E-state index contributed by atoms with van der Waals surface area (Å²) < 4.78 is 71.1. The molecule has 0 saturated heterocycles. The Morgan fingerprint density at radius 1 is 1.28 bits per heavy atom. The van der Waals surface area contributed by atoms with Crippen LogP contribution in [0.25, 0.3) is 0 Å². The van der Waals surface area contributed by atoms with E-state index in [4.69, 9.17) is 10.00 Å². The molecule has 1 atom stereocenters. The summed E-state index contributed by atoms with van der Waals surface area (Å²) in [6, 6.07) is 7.32. The predicted molar refractivity (Wildman–Crippen MR) is 85.9 cm³/mol. The molecule has 25 heavy (non-hydrogen) atoms. The second-order valence-electron chi connectivity index (χ2n) is 5.47. The van der Waals surface area contributed by atoms with Gasteiger partial charge in [0.15, 0.2) is 0 Å². The normalized spacial score (nSPS) is 19.9. The Balaban J connectivity index is 2.10. The minimum atomic E-state index is -4.78. The van der Waals surface area contributed by atoms with Crippen molar-refractivity contribution < 1.29 is 26.3 Å². The SMILES string of the molecule is C[C@@H]1c2c(ccc(Oc3cc(F)cc(C#N)c3)c2Br)S(=O)(=O)C1(F)F. The molecule has 2 aromatic carbocycles. The molecule has 1 aliphatic rings. The van der Waals surface area contributed by atoms with Crippen LogP contribution in [0.5, 0.6) is 11.5 Å². The van der Waals surface area contributed by atoms with Crippen LogP contribution in [0.1, 0.15) is 24.0 Å². The molecule has 0 N–H and O–H groups in total. The zero-order valence-electron chi connectivity index (χ0n) is 12.6. The fourth-order valence-electron chi connectivity index (χ4n) is 2.63. The maximum Gasteiger partial charge on any atom is 0.356 e. The first-order valence-electron chi connectivity index (χ1n) is 6.93. The first kappa shape index (κ1) is 17.8. The van der Waals surface area contributed by atoms with Gasteiger partial charge in [-0.15, -0.1) is 0 Å². The van der Waals surface area contributed by atoms with Crippen molar-refractivity contribution in [3.05, 3.63) is 51.7 Å². The van der Waals surface area contributed by atoms with Crippen molar-refractivity contribution in [3.63, 3.8) is 0 Å². The number of alkyl halides is 2. The van der Waals surface area contributed by atoms with Crippen LogP contribution in [-0.4, -0.2) is 13.7 Å². The van der Waals surface area contributed by atoms with Crippen LogP contribution in [0.15, 0.2) is 39.7 Å². The van der Waals surface area contributed by atoms with Crippen molar-refractivity contribution in [3.8, 4) is 17.6 Å². The van der Waals surface area contributed by atoms with Gasteiger partial charge in [0.25, 0.3) is 0 Å². The highest BCUT2D eigenvalue weighted by molar-refractivity contribution is 9.10. The van der Waals surface area contributed by atoms with E-state index in [2.05, 4.69) is 15.9 Å². The summed E-state index contributed by atoms with van der Waals surface area (Å²) >= 11 is 3.11. The van der Waals surface area contributed by atoms with Crippen molar-refractivity contribution in [2.75, 3.05) is 0 Å². The molecule has 0 spiro atoms. The lowest BCUT2D eigenvalue weighted by atomic mass is 10.0. The average molecular weight is 432 g/mol. The second kappa shape index (κ2) is 5.75. The highest BCUT2D eigenvalue weighted by Crippen LogP contribution is 2.54. The number of hydrogen-bond donors (Lipinski definition) is 0. The third kappa shape index (κ3) is 2.60. The van der Waals surface area contributed by atoms with Gasteiger partial charge in [-0.1, -0.05) is 6.92 Å². The van der Waals surface area contributed by atoms with Crippen LogP contribution in [0.4, 0.5) is 13.2 Å². The van der Waals surface area contributed by atoms with Crippen molar-refractivity contribution in [2.45, 2.75) is 23.0 Å². The lowest BCUT2D eigenvalue weighted by Gasteiger charge is -2.15. The van der Waals surface area contributed by atoms with Gasteiger partial charge >= 0.3 is 5.25 Å². The molecular formula is C16H9BrF3NO3S. The number of fused-ring (bicyclic) bond motifs is 1. The number of benzene rings is 2. The molecule has 4 nitrogen and oxygen atoms in total. The Morgan fingerprint density at radius 3 is 2.60 bits per heavy atom. The van der Waals surface area contributed by atoms with Gasteiger partial charge in [-0.2, -0.15) is 14.0 Å². The Bertz CT molecular complexity index is 1030. The van der Waals surface area contributed by atoms with E-state index in [-0.39, 0.29) is 27.1 Å². The molecule has 2 aromatic rings. The second-order valence-corrected chi connectivity index (χ2v) is 8.25. The van der Waals surface area contributed by atoms with E-state index >= 15 is 0 Å². The lowest BCUT2D eigenvalue weighted by Crippen LogP contribution is -2.27. The summed E-state index contributed by atoms with van der Waals surface area (Å²) in [7, 11) is -4.78. The average Bonchev–Trinajstić information content (AvgIpc) is 2.67. The third-order valence-electron chi connectivity index (χ3n) is 3.92. The van der Waals surface area contributed by atoms with Gasteiger partial charge in [0.2, 0.25) is 9.84 Å². The van der Waals surface area contributed by atoms with E-state index in [0.717, 1.165) is 25.1 Å². The monoisotopic (exact) mass is 431 g/mol. The van der Waals surface area contributed by atoms with Crippen LogP contribution >= 0.6 is 15.9 Å². The molecular weight excluding hydrogens is 423 g/mol. The van der Waals surface area contributed by atoms with Gasteiger partial charge < -0.3 is 4.74 Å². The molecule has 0 fully saturated rings. The number of sulfone groups is 1. The molecule has 9 heteroatoms. The molecule has 0 aromatic heterocycles.